The quantitative estimate of drug-likeness (QED) is 0.782. The van der Waals surface area contributed by atoms with Gasteiger partial charge >= 0.3 is 6.18 Å². The molecule has 110 valence electrons. The molecule has 3 N–H and O–H groups in total. The minimum atomic E-state index is -4.47. The number of hydrogen-bond donors (Lipinski definition) is 2. The van der Waals surface area contributed by atoms with Crippen molar-refractivity contribution in [3.8, 4) is 0 Å². The van der Waals surface area contributed by atoms with E-state index >= 15 is 0 Å². The Morgan fingerprint density at radius 2 is 2.10 bits per heavy atom. The van der Waals surface area contributed by atoms with Crippen LogP contribution in [-0.2, 0) is 9.53 Å². The highest BCUT2D eigenvalue weighted by Gasteiger charge is 2.27. The number of nitrogens with one attached hydrogen (secondary N) is 1. The van der Waals surface area contributed by atoms with Crippen molar-refractivity contribution in [2.45, 2.75) is 6.18 Å². The summed E-state index contributed by atoms with van der Waals surface area (Å²) in [4.78, 5) is 11.5. The fourth-order valence-corrected chi connectivity index (χ4v) is 1.82. The lowest BCUT2D eigenvalue weighted by Crippen LogP contribution is -2.25. The Balaban J connectivity index is 2.66. The molecule has 0 aliphatic rings. The van der Waals surface area contributed by atoms with Gasteiger partial charge in [0.2, 0.25) is 5.91 Å². The number of carbonyl (C=O) groups is 1. The van der Waals surface area contributed by atoms with E-state index < -0.39 is 25.3 Å². The van der Waals surface area contributed by atoms with Crippen LogP contribution in [0.3, 0.4) is 0 Å². The number of anilines is 1. The highest BCUT2D eigenvalue weighted by atomic mass is 79.9. The topological polar surface area (TPSA) is 64.3 Å². The molecule has 1 aromatic rings. The molecule has 0 saturated heterocycles. The number of thiocarbonyl (C=S) groups is 1. The van der Waals surface area contributed by atoms with Crippen molar-refractivity contribution in [2.24, 2.45) is 5.73 Å². The van der Waals surface area contributed by atoms with Crippen LogP contribution in [0, 0.1) is 0 Å². The molecule has 0 heterocycles. The maximum absolute atomic E-state index is 11.9. The van der Waals surface area contributed by atoms with E-state index in [1.54, 1.807) is 12.1 Å². The number of ether oxygens (including phenoxy) is 1. The molecule has 20 heavy (non-hydrogen) atoms. The second-order valence-corrected chi connectivity index (χ2v) is 5.07. The number of benzene rings is 1. The minimum Gasteiger partial charge on any atom is -0.389 e. The predicted molar refractivity (Wildman–Crippen MR) is 75.5 cm³/mol. The number of nitrogens with two attached hydrogens (primary N) is 1. The molecular formula is C11H10BrF3N2O2S. The summed E-state index contributed by atoms with van der Waals surface area (Å²) in [6.45, 7) is -2.20. The summed E-state index contributed by atoms with van der Waals surface area (Å²) in [5.41, 5.74) is 6.19. The Morgan fingerprint density at radius 1 is 1.45 bits per heavy atom. The molecule has 1 aromatic carbocycles. The molecule has 1 amide bonds. The minimum absolute atomic E-state index is 0.0593. The number of rotatable bonds is 5. The van der Waals surface area contributed by atoms with Crippen molar-refractivity contribution >= 4 is 44.7 Å². The van der Waals surface area contributed by atoms with Gasteiger partial charge in [0.05, 0.1) is 5.69 Å². The van der Waals surface area contributed by atoms with E-state index in [1.165, 1.54) is 6.07 Å². The SMILES string of the molecule is NC(=S)c1ccc(Br)cc1NC(=O)COCC(F)(F)F. The highest BCUT2D eigenvalue weighted by Crippen LogP contribution is 2.21. The Labute approximate surface area is 126 Å². The Morgan fingerprint density at radius 3 is 2.65 bits per heavy atom. The summed E-state index contributed by atoms with van der Waals surface area (Å²) in [5, 5.41) is 2.39. The molecule has 0 aromatic heterocycles. The Kier molecular flexibility index (Phi) is 5.90. The summed E-state index contributed by atoms with van der Waals surface area (Å²) >= 11 is 8.01. The van der Waals surface area contributed by atoms with Crippen LogP contribution < -0.4 is 11.1 Å². The maximum atomic E-state index is 11.9. The second-order valence-electron chi connectivity index (χ2n) is 3.71. The third-order valence-corrected chi connectivity index (χ3v) is 2.73. The van der Waals surface area contributed by atoms with E-state index in [4.69, 9.17) is 18.0 Å². The van der Waals surface area contributed by atoms with Crippen LogP contribution in [0.4, 0.5) is 18.9 Å². The molecule has 0 bridgehead atoms. The lowest BCUT2D eigenvalue weighted by Gasteiger charge is -2.11. The molecular weight excluding hydrogens is 361 g/mol. The van der Waals surface area contributed by atoms with Gasteiger partial charge in [-0.3, -0.25) is 4.79 Å². The third-order valence-electron chi connectivity index (χ3n) is 2.02. The van der Waals surface area contributed by atoms with Gasteiger partial charge in [-0.25, -0.2) is 0 Å². The fourth-order valence-electron chi connectivity index (χ4n) is 1.28. The van der Waals surface area contributed by atoms with Crippen molar-refractivity contribution in [1.82, 2.24) is 0 Å². The van der Waals surface area contributed by atoms with Crippen molar-refractivity contribution in [2.75, 3.05) is 18.5 Å². The highest BCUT2D eigenvalue weighted by molar-refractivity contribution is 9.10. The van der Waals surface area contributed by atoms with Crippen LogP contribution in [-0.4, -0.2) is 30.3 Å². The van der Waals surface area contributed by atoms with Crippen LogP contribution >= 0.6 is 28.1 Å². The molecule has 9 heteroatoms. The van der Waals surface area contributed by atoms with Gasteiger partial charge in [-0.2, -0.15) is 13.2 Å². The van der Waals surface area contributed by atoms with Crippen LogP contribution in [0.25, 0.3) is 0 Å². The fraction of sp³-hybridized carbons (Fsp3) is 0.273. The molecule has 1 rings (SSSR count). The zero-order valence-electron chi connectivity index (χ0n) is 9.96. The van der Waals surface area contributed by atoms with Crippen molar-refractivity contribution in [3.05, 3.63) is 28.2 Å². The van der Waals surface area contributed by atoms with Crippen LogP contribution in [0.1, 0.15) is 5.56 Å². The smallest absolute Gasteiger partial charge is 0.389 e. The van der Waals surface area contributed by atoms with E-state index in [0.29, 0.717) is 15.7 Å². The van der Waals surface area contributed by atoms with Crippen LogP contribution in [0.2, 0.25) is 0 Å². The number of alkyl halides is 3. The molecule has 0 spiro atoms. The summed E-state index contributed by atoms with van der Waals surface area (Å²) in [6.07, 6.45) is -4.47. The van der Waals surface area contributed by atoms with E-state index in [2.05, 4.69) is 26.0 Å². The number of halogens is 4. The van der Waals surface area contributed by atoms with Gasteiger partial charge in [-0.15, -0.1) is 0 Å². The standard InChI is InChI=1S/C11H10BrF3N2O2S/c12-6-1-2-7(10(16)20)8(3-6)17-9(18)4-19-5-11(13,14)15/h1-3H,4-5H2,(H2,16,20)(H,17,18). The van der Waals surface area contributed by atoms with Gasteiger partial charge in [-0.1, -0.05) is 28.1 Å². The molecule has 0 saturated carbocycles. The van der Waals surface area contributed by atoms with Crippen molar-refractivity contribution in [3.63, 3.8) is 0 Å². The summed E-state index contributed by atoms with van der Waals surface area (Å²) in [5.74, 6) is -0.732. The van der Waals surface area contributed by atoms with Gasteiger partial charge in [-0.05, 0) is 18.2 Å². The van der Waals surface area contributed by atoms with Gasteiger partial charge in [0, 0.05) is 10.0 Å². The first-order chi connectivity index (χ1) is 9.19. The first kappa shape index (κ1) is 16.9. The number of hydrogen-bond acceptors (Lipinski definition) is 3. The van der Waals surface area contributed by atoms with Crippen molar-refractivity contribution < 1.29 is 22.7 Å². The zero-order chi connectivity index (χ0) is 15.3. The van der Waals surface area contributed by atoms with Crippen LogP contribution in [0.5, 0.6) is 0 Å². The van der Waals surface area contributed by atoms with Crippen LogP contribution in [0.15, 0.2) is 22.7 Å². The molecule has 0 aliphatic carbocycles. The number of amides is 1. The van der Waals surface area contributed by atoms with E-state index in [9.17, 15) is 18.0 Å². The average Bonchev–Trinajstić information content (AvgIpc) is 2.26. The summed E-state index contributed by atoms with van der Waals surface area (Å²) in [6, 6.07) is 4.79. The zero-order valence-corrected chi connectivity index (χ0v) is 12.4. The second kappa shape index (κ2) is 7.00. The maximum Gasteiger partial charge on any atom is 0.411 e. The molecule has 4 nitrogen and oxygen atoms in total. The van der Waals surface area contributed by atoms with E-state index in [0.717, 1.165) is 0 Å². The average molecular weight is 371 g/mol. The predicted octanol–water partition coefficient (Wildman–Crippen LogP) is 2.60. The van der Waals surface area contributed by atoms with Crippen molar-refractivity contribution in [1.29, 1.82) is 0 Å². The lowest BCUT2D eigenvalue weighted by molar-refractivity contribution is -0.174. The van der Waals surface area contributed by atoms with E-state index in [-0.39, 0.29) is 4.99 Å². The monoisotopic (exact) mass is 370 g/mol. The van der Waals surface area contributed by atoms with Gasteiger partial charge in [0.15, 0.2) is 0 Å². The molecule has 0 atom stereocenters. The third kappa shape index (κ3) is 5.85. The molecule has 0 radical (unpaired) electrons. The summed E-state index contributed by atoms with van der Waals surface area (Å²) in [7, 11) is 0. The Hall–Kier alpha value is -1.19. The van der Waals surface area contributed by atoms with Gasteiger partial charge in [0.25, 0.3) is 0 Å². The van der Waals surface area contributed by atoms with Gasteiger partial charge in [0.1, 0.15) is 18.2 Å². The van der Waals surface area contributed by atoms with Gasteiger partial charge < -0.3 is 15.8 Å². The largest absolute Gasteiger partial charge is 0.411 e. The van der Waals surface area contributed by atoms with E-state index in [1.807, 2.05) is 0 Å². The first-order valence-electron chi connectivity index (χ1n) is 5.23. The molecule has 0 unspecified atom stereocenters. The lowest BCUT2D eigenvalue weighted by atomic mass is 10.2. The Bertz CT molecular complexity index is 523. The first-order valence-corrected chi connectivity index (χ1v) is 6.43. The summed E-state index contributed by atoms with van der Waals surface area (Å²) < 4.78 is 40.5. The number of carbonyl (C=O) groups excluding carboxylic acids is 1. The molecule has 0 aliphatic heterocycles. The normalized spacial score (nSPS) is 11.2. The molecule has 0 fully saturated rings.